The Labute approximate surface area is 169 Å². The highest BCUT2D eigenvalue weighted by Gasteiger charge is 2.18. The first-order valence-corrected chi connectivity index (χ1v) is 11.3. The Morgan fingerprint density at radius 1 is 1.07 bits per heavy atom. The van der Waals surface area contributed by atoms with Crippen LogP contribution in [0.5, 0.6) is 5.75 Å². The van der Waals surface area contributed by atoms with E-state index in [1.54, 1.807) is 12.1 Å². The van der Waals surface area contributed by atoms with E-state index in [0.29, 0.717) is 11.2 Å². The fourth-order valence-electron chi connectivity index (χ4n) is 2.68. The first kappa shape index (κ1) is 18.3. The van der Waals surface area contributed by atoms with Crippen molar-refractivity contribution in [2.24, 2.45) is 0 Å². The summed E-state index contributed by atoms with van der Waals surface area (Å²) in [5, 5.41) is 13.6. The molecule has 2 heterocycles. The van der Waals surface area contributed by atoms with Gasteiger partial charge in [-0.3, -0.25) is 10.1 Å². The molecule has 0 atom stereocenters. The molecular weight excluding hydrogens is 400 g/mol. The van der Waals surface area contributed by atoms with Crippen LogP contribution in [0, 0.1) is 10.1 Å². The van der Waals surface area contributed by atoms with Gasteiger partial charge in [-0.1, -0.05) is 12.1 Å². The zero-order valence-corrected chi connectivity index (χ0v) is 16.7. The van der Waals surface area contributed by atoms with Gasteiger partial charge < -0.3 is 4.74 Å². The van der Waals surface area contributed by atoms with Crippen LogP contribution in [0.2, 0.25) is 0 Å². The van der Waals surface area contributed by atoms with Gasteiger partial charge in [-0.05, 0) is 29.8 Å². The quantitative estimate of drug-likeness (QED) is 0.375. The van der Waals surface area contributed by atoms with E-state index in [1.165, 1.54) is 40.5 Å². The summed E-state index contributed by atoms with van der Waals surface area (Å²) < 4.78 is 6.40. The predicted octanol–water partition coefficient (Wildman–Crippen LogP) is 5.78. The number of ether oxygens (including phenoxy) is 1. The summed E-state index contributed by atoms with van der Waals surface area (Å²) in [6.45, 7) is 0.407. The third kappa shape index (κ3) is 4.45. The SMILES string of the molecule is O=[N+]([O-])c1ccc(-c2csc(COc3ccc(C4SCCS4)cc3)n2)cc1. The first-order chi connectivity index (χ1) is 13.2. The van der Waals surface area contributed by atoms with E-state index in [-0.39, 0.29) is 5.69 Å². The molecule has 1 saturated heterocycles. The van der Waals surface area contributed by atoms with Crippen LogP contribution in [0.25, 0.3) is 11.3 Å². The van der Waals surface area contributed by atoms with Gasteiger partial charge >= 0.3 is 0 Å². The van der Waals surface area contributed by atoms with E-state index >= 15 is 0 Å². The van der Waals surface area contributed by atoms with E-state index < -0.39 is 4.92 Å². The number of hydrogen-bond donors (Lipinski definition) is 0. The number of benzene rings is 2. The molecule has 0 aliphatic carbocycles. The predicted molar refractivity (Wildman–Crippen MR) is 113 cm³/mol. The molecule has 0 saturated carbocycles. The second-order valence-corrected chi connectivity index (χ2v) is 9.53. The Hall–Kier alpha value is -2.03. The van der Waals surface area contributed by atoms with Crippen molar-refractivity contribution in [3.63, 3.8) is 0 Å². The van der Waals surface area contributed by atoms with Crippen molar-refractivity contribution in [3.8, 4) is 17.0 Å². The Bertz CT molecular complexity index is 920. The minimum atomic E-state index is -0.403. The van der Waals surface area contributed by atoms with Gasteiger partial charge in [0.2, 0.25) is 0 Å². The molecule has 1 fully saturated rings. The van der Waals surface area contributed by atoms with Crippen molar-refractivity contribution in [2.45, 2.75) is 11.2 Å². The maximum atomic E-state index is 10.7. The van der Waals surface area contributed by atoms with Crippen molar-refractivity contribution >= 4 is 40.5 Å². The normalized spacial score (nSPS) is 14.4. The molecule has 1 aliphatic heterocycles. The van der Waals surface area contributed by atoms with Crippen LogP contribution in [0.1, 0.15) is 15.2 Å². The number of nitrogens with zero attached hydrogens (tertiary/aromatic N) is 2. The number of aromatic nitrogens is 1. The minimum absolute atomic E-state index is 0.0791. The average Bonchev–Trinajstić information content (AvgIpc) is 3.39. The van der Waals surface area contributed by atoms with Crippen molar-refractivity contribution in [1.29, 1.82) is 0 Å². The number of non-ortho nitro benzene ring substituents is 1. The zero-order valence-electron chi connectivity index (χ0n) is 14.2. The smallest absolute Gasteiger partial charge is 0.269 e. The van der Waals surface area contributed by atoms with Gasteiger partial charge in [-0.25, -0.2) is 4.98 Å². The number of rotatable bonds is 6. The van der Waals surface area contributed by atoms with E-state index in [4.69, 9.17) is 4.74 Å². The largest absolute Gasteiger partial charge is 0.486 e. The molecule has 1 aromatic heterocycles. The molecule has 138 valence electrons. The van der Waals surface area contributed by atoms with Crippen molar-refractivity contribution < 1.29 is 9.66 Å². The van der Waals surface area contributed by atoms with Crippen molar-refractivity contribution in [3.05, 3.63) is 74.6 Å². The molecule has 2 aromatic carbocycles. The molecule has 0 spiro atoms. The zero-order chi connectivity index (χ0) is 18.6. The number of nitro benzene ring substituents is 1. The highest BCUT2D eigenvalue weighted by Crippen LogP contribution is 2.45. The molecule has 27 heavy (non-hydrogen) atoms. The Morgan fingerprint density at radius 3 is 2.44 bits per heavy atom. The third-order valence-electron chi connectivity index (χ3n) is 4.06. The standard InChI is InChI=1S/C19H16N2O3S3/c22-21(23)15-5-1-13(2-6-15)17-12-27-18(20-17)11-24-16-7-3-14(4-8-16)19-25-9-10-26-19/h1-8,12,19H,9-11H2. The fraction of sp³-hybridized carbons (Fsp3) is 0.211. The first-order valence-electron chi connectivity index (χ1n) is 8.34. The molecule has 5 nitrogen and oxygen atoms in total. The molecule has 8 heteroatoms. The van der Waals surface area contributed by atoms with Crippen LogP contribution >= 0.6 is 34.9 Å². The highest BCUT2D eigenvalue weighted by molar-refractivity contribution is 8.19. The van der Waals surface area contributed by atoms with Gasteiger partial charge in [0.25, 0.3) is 5.69 Å². The van der Waals surface area contributed by atoms with Crippen LogP contribution in [0.4, 0.5) is 5.69 Å². The fourth-order valence-corrected chi connectivity index (χ4v) is 6.25. The molecular formula is C19H16N2O3S3. The van der Waals surface area contributed by atoms with Crippen LogP contribution in [0.3, 0.4) is 0 Å². The number of nitro groups is 1. The molecule has 3 aromatic rings. The average molecular weight is 417 g/mol. The van der Waals surface area contributed by atoms with Crippen LogP contribution in [-0.4, -0.2) is 21.4 Å². The van der Waals surface area contributed by atoms with Crippen molar-refractivity contribution in [1.82, 2.24) is 4.98 Å². The lowest BCUT2D eigenvalue weighted by Crippen LogP contribution is -1.95. The summed E-state index contributed by atoms with van der Waals surface area (Å²) in [5.74, 6) is 3.27. The van der Waals surface area contributed by atoms with E-state index in [9.17, 15) is 10.1 Å². The highest BCUT2D eigenvalue weighted by atomic mass is 32.2. The molecule has 0 N–H and O–H groups in total. The minimum Gasteiger partial charge on any atom is -0.486 e. The maximum Gasteiger partial charge on any atom is 0.269 e. The van der Waals surface area contributed by atoms with E-state index in [2.05, 4.69) is 17.1 Å². The summed E-state index contributed by atoms with van der Waals surface area (Å²) in [7, 11) is 0. The monoisotopic (exact) mass is 416 g/mol. The molecule has 0 bridgehead atoms. The van der Waals surface area contributed by atoms with Gasteiger partial charge in [0.05, 0.1) is 15.2 Å². The van der Waals surface area contributed by atoms with Gasteiger partial charge in [0.15, 0.2) is 0 Å². The lowest BCUT2D eigenvalue weighted by molar-refractivity contribution is -0.384. The lowest BCUT2D eigenvalue weighted by Gasteiger charge is -2.09. The number of thiazole rings is 1. The molecule has 1 aliphatic rings. The second kappa shape index (κ2) is 8.33. The molecule has 0 amide bonds. The summed E-state index contributed by atoms with van der Waals surface area (Å²) >= 11 is 5.50. The van der Waals surface area contributed by atoms with Gasteiger partial charge in [-0.2, -0.15) is 0 Å². The van der Waals surface area contributed by atoms with Crippen molar-refractivity contribution in [2.75, 3.05) is 11.5 Å². The summed E-state index contributed by atoms with van der Waals surface area (Å²) in [6.07, 6.45) is 0. The summed E-state index contributed by atoms with van der Waals surface area (Å²) in [5.41, 5.74) is 3.08. The van der Waals surface area contributed by atoms with Gasteiger partial charge in [0.1, 0.15) is 17.4 Å². The molecule has 0 unspecified atom stereocenters. The summed E-state index contributed by atoms with van der Waals surface area (Å²) in [4.78, 5) is 14.9. The van der Waals surface area contributed by atoms with Crippen LogP contribution in [-0.2, 0) is 6.61 Å². The topological polar surface area (TPSA) is 65.3 Å². The molecule has 4 rings (SSSR count). The second-order valence-electron chi connectivity index (χ2n) is 5.86. The van der Waals surface area contributed by atoms with E-state index in [1.807, 2.05) is 41.0 Å². The molecule has 0 radical (unpaired) electrons. The van der Waals surface area contributed by atoms with Crippen LogP contribution < -0.4 is 4.74 Å². The summed E-state index contributed by atoms with van der Waals surface area (Å²) in [6, 6.07) is 14.7. The number of thioether (sulfide) groups is 2. The Morgan fingerprint density at radius 2 is 1.78 bits per heavy atom. The Kier molecular flexibility index (Phi) is 5.66. The Balaban J connectivity index is 1.37. The van der Waals surface area contributed by atoms with Crippen LogP contribution in [0.15, 0.2) is 53.9 Å². The van der Waals surface area contributed by atoms with E-state index in [0.717, 1.165) is 22.0 Å². The number of hydrogen-bond acceptors (Lipinski definition) is 7. The lowest BCUT2D eigenvalue weighted by atomic mass is 10.1. The maximum absolute atomic E-state index is 10.7. The van der Waals surface area contributed by atoms with Gasteiger partial charge in [-0.15, -0.1) is 34.9 Å². The van der Waals surface area contributed by atoms with Gasteiger partial charge in [0, 0.05) is 34.6 Å². The third-order valence-corrected chi connectivity index (χ3v) is 7.99.